The van der Waals surface area contributed by atoms with Crippen molar-refractivity contribution in [3.8, 4) is 22.4 Å². The lowest BCUT2D eigenvalue weighted by Gasteiger charge is -2.03. The van der Waals surface area contributed by atoms with Gasteiger partial charge in [-0.3, -0.25) is 4.68 Å². The van der Waals surface area contributed by atoms with Crippen molar-refractivity contribution in [1.82, 2.24) is 29.4 Å². The molecule has 5 aromatic rings. The molecule has 0 radical (unpaired) electrons. The Morgan fingerprint density at radius 2 is 2.00 bits per heavy atom. The van der Waals surface area contributed by atoms with Crippen LogP contribution in [0.15, 0.2) is 66.6 Å². The van der Waals surface area contributed by atoms with E-state index in [9.17, 15) is 0 Å². The molecule has 5 rings (SSSR count). The molecular formula is C20H16N6S. The summed E-state index contributed by atoms with van der Waals surface area (Å²) in [7, 11) is 0. The van der Waals surface area contributed by atoms with E-state index in [2.05, 4.69) is 38.6 Å². The van der Waals surface area contributed by atoms with Gasteiger partial charge in [0.1, 0.15) is 0 Å². The van der Waals surface area contributed by atoms with Gasteiger partial charge in [-0.1, -0.05) is 18.2 Å². The summed E-state index contributed by atoms with van der Waals surface area (Å²) in [5, 5.41) is 12.2. The number of fused-ring (bicyclic) bond motifs is 1. The first-order chi connectivity index (χ1) is 13.3. The van der Waals surface area contributed by atoms with E-state index in [-0.39, 0.29) is 0 Å². The average molecular weight is 372 g/mol. The summed E-state index contributed by atoms with van der Waals surface area (Å²) in [5.41, 5.74) is 5.97. The second kappa shape index (κ2) is 6.44. The fourth-order valence-electron chi connectivity index (χ4n) is 3.13. The average Bonchev–Trinajstić information content (AvgIpc) is 3.42. The molecule has 0 saturated carbocycles. The van der Waals surface area contributed by atoms with Crippen LogP contribution < -0.4 is 0 Å². The van der Waals surface area contributed by atoms with Gasteiger partial charge in [-0.15, -0.1) is 11.3 Å². The van der Waals surface area contributed by atoms with Crippen LogP contribution in [-0.4, -0.2) is 29.4 Å². The van der Waals surface area contributed by atoms with Gasteiger partial charge in [0, 0.05) is 35.1 Å². The Morgan fingerprint density at radius 1 is 1.07 bits per heavy atom. The third-order valence-electron chi connectivity index (χ3n) is 4.38. The van der Waals surface area contributed by atoms with Crippen LogP contribution in [0, 0.1) is 6.92 Å². The first-order valence-corrected chi connectivity index (χ1v) is 9.48. The Labute approximate surface area is 159 Å². The summed E-state index contributed by atoms with van der Waals surface area (Å²) in [5.74, 6) is 0. The smallest absolute Gasteiger partial charge is 0.162 e. The van der Waals surface area contributed by atoms with Gasteiger partial charge in [-0.05, 0) is 30.7 Å². The van der Waals surface area contributed by atoms with E-state index < -0.39 is 0 Å². The van der Waals surface area contributed by atoms with Crippen LogP contribution in [0.4, 0.5) is 0 Å². The number of hydrogen-bond acceptors (Lipinski definition) is 5. The summed E-state index contributed by atoms with van der Waals surface area (Å²) in [4.78, 5) is 8.95. The zero-order valence-corrected chi connectivity index (χ0v) is 15.5. The van der Waals surface area contributed by atoms with E-state index in [0.29, 0.717) is 6.54 Å². The number of rotatable bonds is 4. The van der Waals surface area contributed by atoms with Crippen LogP contribution in [0.2, 0.25) is 0 Å². The van der Waals surface area contributed by atoms with E-state index in [4.69, 9.17) is 5.10 Å². The molecule has 0 amide bonds. The van der Waals surface area contributed by atoms with Gasteiger partial charge in [-0.25, -0.2) is 14.5 Å². The van der Waals surface area contributed by atoms with E-state index in [0.717, 1.165) is 38.7 Å². The molecule has 132 valence electrons. The summed E-state index contributed by atoms with van der Waals surface area (Å²) >= 11 is 1.66. The molecule has 0 spiro atoms. The summed E-state index contributed by atoms with van der Waals surface area (Å²) in [6.07, 6.45) is 7.53. The van der Waals surface area contributed by atoms with Crippen molar-refractivity contribution in [2.75, 3.05) is 0 Å². The number of aromatic nitrogens is 6. The highest BCUT2D eigenvalue weighted by atomic mass is 32.1. The van der Waals surface area contributed by atoms with Crippen molar-refractivity contribution in [3.63, 3.8) is 0 Å². The molecule has 0 bridgehead atoms. The molecule has 0 unspecified atom stereocenters. The second-order valence-electron chi connectivity index (χ2n) is 6.28. The maximum absolute atomic E-state index is 4.71. The van der Waals surface area contributed by atoms with Gasteiger partial charge in [0.15, 0.2) is 5.65 Å². The minimum absolute atomic E-state index is 0.683. The van der Waals surface area contributed by atoms with Crippen LogP contribution in [0.25, 0.3) is 28.0 Å². The van der Waals surface area contributed by atoms with Gasteiger partial charge in [0.25, 0.3) is 0 Å². The SMILES string of the molecule is Cc1nc(Cn2ccc(-c3cccc(-c4cnn5cccnc45)c3)n2)cs1. The summed E-state index contributed by atoms with van der Waals surface area (Å²) in [6.45, 7) is 2.70. The number of aryl methyl sites for hydroxylation is 1. The van der Waals surface area contributed by atoms with Crippen molar-refractivity contribution in [2.24, 2.45) is 0 Å². The third kappa shape index (κ3) is 3.02. The molecular weight excluding hydrogens is 356 g/mol. The van der Waals surface area contributed by atoms with Gasteiger partial charge in [-0.2, -0.15) is 10.2 Å². The van der Waals surface area contributed by atoms with Crippen LogP contribution in [0.3, 0.4) is 0 Å². The Hall–Kier alpha value is -3.32. The van der Waals surface area contributed by atoms with E-state index >= 15 is 0 Å². The molecule has 0 aliphatic heterocycles. The number of nitrogens with zero attached hydrogens (tertiary/aromatic N) is 6. The maximum atomic E-state index is 4.71. The third-order valence-corrected chi connectivity index (χ3v) is 5.20. The van der Waals surface area contributed by atoms with Crippen molar-refractivity contribution in [3.05, 3.63) is 77.3 Å². The largest absolute Gasteiger partial charge is 0.266 e. The minimum Gasteiger partial charge on any atom is -0.266 e. The standard InChI is InChI=1S/C20H16N6S/c1-14-23-17(13-27-14)12-25-9-6-19(24-25)16-5-2-4-15(10-16)18-11-22-26-8-3-7-21-20(18)26/h2-11,13H,12H2,1H3. The normalized spacial score (nSPS) is 11.3. The molecule has 1 aromatic carbocycles. The Balaban J connectivity index is 1.47. The molecule has 0 atom stereocenters. The predicted molar refractivity (Wildman–Crippen MR) is 106 cm³/mol. The van der Waals surface area contributed by atoms with Crippen LogP contribution >= 0.6 is 11.3 Å². The molecule has 7 heteroatoms. The summed E-state index contributed by atoms with van der Waals surface area (Å²) in [6, 6.07) is 12.2. The molecule has 27 heavy (non-hydrogen) atoms. The van der Waals surface area contributed by atoms with E-state index in [1.807, 2.05) is 48.4 Å². The van der Waals surface area contributed by atoms with Gasteiger partial charge >= 0.3 is 0 Å². The van der Waals surface area contributed by atoms with Crippen LogP contribution in [0.5, 0.6) is 0 Å². The zero-order valence-electron chi connectivity index (χ0n) is 14.6. The molecule has 6 nitrogen and oxygen atoms in total. The molecule has 0 aliphatic carbocycles. The lowest BCUT2D eigenvalue weighted by Crippen LogP contribution is -2.00. The van der Waals surface area contributed by atoms with Crippen LogP contribution in [0.1, 0.15) is 10.7 Å². The van der Waals surface area contributed by atoms with Gasteiger partial charge in [0.05, 0.1) is 29.1 Å². The molecule has 4 aromatic heterocycles. The molecule has 0 aliphatic rings. The highest BCUT2D eigenvalue weighted by Crippen LogP contribution is 2.27. The van der Waals surface area contributed by atoms with Gasteiger partial charge < -0.3 is 0 Å². The molecule has 0 saturated heterocycles. The highest BCUT2D eigenvalue weighted by molar-refractivity contribution is 7.09. The highest BCUT2D eigenvalue weighted by Gasteiger charge is 2.10. The van der Waals surface area contributed by atoms with Crippen molar-refractivity contribution >= 4 is 17.0 Å². The fourth-order valence-corrected chi connectivity index (χ4v) is 3.73. The van der Waals surface area contributed by atoms with E-state index in [1.165, 1.54) is 0 Å². The first kappa shape index (κ1) is 15.9. The molecule has 0 fully saturated rings. The topological polar surface area (TPSA) is 60.9 Å². The zero-order chi connectivity index (χ0) is 18.2. The Bertz CT molecular complexity index is 1230. The van der Waals surface area contributed by atoms with E-state index in [1.54, 1.807) is 22.0 Å². The first-order valence-electron chi connectivity index (χ1n) is 8.60. The molecule has 4 heterocycles. The number of thiazole rings is 1. The monoisotopic (exact) mass is 372 g/mol. The number of hydrogen-bond donors (Lipinski definition) is 0. The van der Waals surface area contributed by atoms with Crippen molar-refractivity contribution < 1.29 is 0 Å². The lowest BCUT2D eigenvalue weighted by atomic mass is 10.0. The lowest BCUT2D eigenvalue weighted by molar-refractivity contribution is 0.677. The minimum atomic E-state index is 0.683. The van der Waals surface area contributed by atoms with Crippen molar-refractivity contribution in [2.45, 2.75) is 13.5 Å². The van der Waals surface area contributed by atoms with Crippen molar-refractivity contribution in [1.29, 1.82) is 0 Å². The summed E-state index contributed by atoms with van der Waals surface area (Å²) < 4.78 is 3.71. The van der Waals surface area contributed by atoms with Crippen LogP contribution in [-0.2, 0) is 6.54 Å². The predicted octanol–water partition coefficient (Wildman–Crippen LogP) is 4.07. The molecule has 0 N–H and O–H groups in total. The maximum Gasteiger partial charge on any atom is 0.162 e. The van der Waals surface area contributed by atoms with Gasteiger partial charge in [0.2, 0.25) is 0 Å². The number of benzene rings is 1. The Morgan fingerprint density at radius 3 is 2.89 bits per heavy atom. The Kier molecular flexibility index (Phi) is 3.79. The quantitative estimate of drug-likeness (QED) is 0.477. The fraction of sp³-hybridized carbons (Fsp3) is 0.100. The second-order valence-corrected chi connectivity index (χ2v) is 7.35.